The fourth-order valence-corrected chi connectivity index (χ4v) is 5.42. The minimum Gasteiger partial charge on any atom is -0.344 e. The lowest BCUT2D eigenvalue weighted by Gasteiger charge is -2.51. The molecule has 2 nitrogen and oxygen atoms in total. The number of carbonyl (C=O) groups is 1. The second-order valence-corrected chi connectivity index (χ2v) is 9.42. The van der Waals surface area contributed by atoms with Crippen molar-refractivity contribution in [3.05, 3.63) is 82.4 Å². The maximum absolute atomic E-state index is 13.8. The zero-order chi connectivity index (χ0) is 22.8. The normalized spacial score (nSPS) is 18.9. The molecule has 4 rings (SSSR count). The zero-order valence-electron chi connectivity index (χ0n) is 19.1. The highest BCUT2D eigenvalue weighted by molar-refractivity contribution is 5.96. The maximum Gasteiger partial charge on any atom is 0.270 e. The van der Waals surface area contributed by atoms with Crippen molar-refractivity contribution in [3.63, 3.8) is 0 Å². The van der Waals surface area contributed by atoms with Crippen molar-refractivity contribution in [1.29, 1.82) is 0 Å². The van der Waals surface area contributed by atoms with Crippen LogP contribution in [0.4, 0.5) is 8.78 Å². The number of aryl methyl sites for hydroxylation is 1. The van der Waals surface area contributed by atoms with Gasteiger partial charge in [0.05, 0.1) is 6.04 Å². The van der Waals surface area contributed by atoms with Gasteiger partial charge in [-0.1, -0.05) is 61.4 Å². The number of allylic oxidation sites excluding steroid dienone is 1. The summed E-state index contributed by atoms with van der Waals surface area (Å²) >= 11 is 0. The molecule has 2 aromatic carbocycles. The first-order chi connectivity index (χ1) is 15.3. The van der Waals surface area contributed by atoms with Crippen LogP contribution in [0.2, 0.25) is 0 Å². The van der Waals surface area contributed by atoms with Gasteiger partial charge in [0.15, 0.2) is 0 Å². The van der Waals surface area contributed by atoms with Crippen molar-refractivity contribution in [1.82, 2.24) is 5.32 Å². The Hall–Kier alpha value is -2.49. The van der Waals surface area contributed by atoms with Crippen LogP contribution >= 0.6 is 0 Å². The van der Waals surface area contributed by atoms with E-state index in [9.17, 15) is 13.6 Å². The molecule has 0 aromatic heterocycles. The largest absolute Gasteiger partial charge is 0.344 e. The molecule has 2 aliphatic carbocycles. The third-order valence-corrected chi connectivity index (χ3v) is 7.37. The highest BCUT2D eigenvalue weighted by atomic mass is 19.3. The molecule has 0 radical (unpaired) electrons. The van der Waals surface area contributed by atoms with E-state index in [1.165, 1.54) is 30.5 Å². The van der Waals surface area contributed by atoms with Gasteiger partial charge in [-0.25, -0.2) is 8.78 Å². The molecule has 1 atom stereocenters. The molecule has 0 saturated heterocycles. The Kier molecular flexibility index (Phi) is 6.50. The van der Waals surface area contributed by atoms with Gasteiger partial charge >= 0.3 is 0 Å². The summed E-state index contributed by atoms with van der Waals surface area (Å²) in [6.45, 7) is 2.80. The van der Waals surface area contributed by atoms with Crippen molar-refractivity contribution in [3.8, 4) is 0 Å². The van der Waals surface area contributed by atoms with Crippen LogP contribution < -0.4 is 5.32 Å². The Labute approximate surface area is 190 Å². The summed E-state index contributed by atoms with van der Waals surface area (Å²) in [6.07, 6.45) is 10.9. The molecular weight excluding hydrogens is 404 g/mol. The molecule has 4 heteroatoms. The quantitative estimate of drug-likeness (QED) is 0.446. The molecule has 0 bridgehead atoms. The van der Waals surface area contributed by atoms with Gasteiger partial charge in [-0.05, 0) is 68.2 Å². The zero-order valence-corrected chi connectivity index (χ0v) is 19.1. The fraction of sp³-hybridized carbons (Fsp3) is 0.464. The van der Waals surface area contributed by atoms with E-state index in [4.69, 9.17) is 0 Å². The minimum absolute atomic E-state index is 0.0415. The predicted octanol–water partition coefficient (Wildman–Crippen LogP) is 7.50. The van der Waals surface area contributed by atoms with Crippen LogP contribution in [0.3, 0.4) is 0 Å². The smallest absolute Gasteiger partial charge is 0.270 e. The first kappa shape index (κ1) is 22.7. The van der Waals surface area contributed by atoms with Gasteiger partial charge in [-0.2, -0.15) is 0 Å². The number of alkyl halides is 2. The van der Waals surface area contributed by atoms with E-state index in [0.29, 0.717) is 17.5 Å². The van der Waals surface area contributed by atoms with E-state index in [0.717, 1.165) is 44.6 Å². The summed E-state index contributed by atoms with van der Waals surface area (Å²) < 4.78 is 27.7. The molecule has 170 valence electrons. The number of hydrogen-bond acceptors (Lipinski definition) is 1. The maximum atomic E-state index is 13.8. The lowest BCUT2D eigenvalue weighted by atomic mass is 9.56. The number of hydrogen-bond donors (Lipinski definition) is 1. The first-order valence-corrected chi connectivity index (χ1v) is 11.9. The molecule has 1 N–H and O–H groups in total. The van der Waals surface area contributed by atoms with Gasteiger partial charge in [0, 0.05) is 23.5 Å². The fourth-order valence-electron chi connectivity index (χ4n) is 5.42. The van der Waals surface area contributed by atoms with Gasteiger partial charge in [-0.15, -0.1) is 0 Å². The molecule has 0 heterocycles. The van der Waals surface area contributed by atoms with Crippen LogP contribution in [0.1, 0.15) is 91.9 Å². The lowest BCUT2D eigenvalue weighted by Crippen LogP contribution is -2.47. The number of rotatable bonds is 7. The predicted molar refractivity (Wildman–Crippen MR) is 125 cm³/mol. The Balaban J connectivity index is 1.70. The van der Waals surface area contributed by atoms with Gasteiger partial charge in [0.2, 0.25) is 0 Å². The van der Waals surface area contributed by atoms with E-state index in [2.05, 4.69) is 23.5 Å². The second-order valence-electron chi connectivity index (χ2n) is 9.42. The average Bonchev–Trinajstić information content (AvgIpc) is 2.78. The number of carbonyl (C=O) groups excluding carboxylic acids is 1. The molecule has 1 saturated carbocycles. The summed E-state index contributed by atoms with van der Waals surface area (Å²) in [6, 6.07) is 14.5. The number of amides is 1. The average molecular weight is 438 g/mol. The molecule has 2 aromatic rings. The van der Waals surface area contributed by atoms with Crippen molar-refractivity contribution in [2.45, 2.75) is 77.2 Å². The van der Waals surface area contributed by atoms with Gasteiger partial charge in [0.1, 0.15) is 0 Å². The summed E-state index contributed by atoms with van der Waals surface area (Å²) in [5.41, 5.74) is 3.66. The highest BCUT2D eigenvalue weighted by Gasteiger charge is 2.48. The van der Waals surface area contributed by atoms with Crippen LogP contribution in [0, 0.1) is 5.41 Å². The Morgan fingerprint density at radius 1 is 1.09 bits per heavy atom. The third kappa shape index (κ3) is 4.37. The monoisotopic (exact) mass is 437 g/mol. The summed E-state index contributed by atoms with van der Waals surface area (Å²) in [5.74, 6) is -3.10. The topological polar surface area (TPSA) is 29.1 Å². The first-order valence-electron chi connectivity index (χ1n) is 11.9. The lowest BCUT2D eigenvalue weighted by molar-refractivity contribution is 0.0173. The molecule has 1 fully saturated rings. The van der Waals surface area contributed by atoms with E-state index in [1.807, 2.05) is 25.1 Å². The van der Waals surface area contributed by atoms with Crippen LogP contribution in [0.5, 0.6) is 0 Å². The van der Waals surface area contributed by atoms with Crippen molar-refractivity contribution >= 4 is 5.91 Å². The standard InChI is InChI=1S/C28H33F2NO/c1-3-20-19-23(27(2,29)30)15-16-24(20)26(32)31-25(21-11-6-4-7-12-21)28(17-10-18-28)22-13-8-5-9-14-22/h4,6-7,11-13,15-16,19,25H,3,5,8-10,14,17-18H2,1-2H3,(H,31,32). The number of nitrogens with one attached hydrogen (secondary N) is 1. The molecular formula is C28H33F2NO. The van der Waals surface area contributed by atoms with Gasteiger partial charge in [-0.3, -0.25) is 4.79 Å². The van der Waals surface area contributed by atoms with E-state index in [-0.39, 0.29) is 22.9 Å². The molecule has 1 unspecified atom stereocenters. The van der Waals surface area contributed by atoms with Crippen LogP contribution in [-0.4, -0.2) is 5.91 Å². The van der Waals surface area contributed by atoms with Crippen molar-refractivity contribution in [2.24, 2.45) is 5.41 Å². The van der Waals surface area contributed by atoms with E-state index in [1.54, 1.807) is 6.07 Å². The van der Waals surface area contributed by atoms with Crippen molar-refractivity contribution in [2.75, 3.05) is 0 Å². The van der Waals surface area contributed by atoms with Crippen LogP contribution in [0.15, 0.2) is 60.2 Å². The van der Waals surface area contributed by atoms with E-state index < -0.39 is 5.92 Å². The molecule has 32 heavy (non-hydrogen) atoms. The van der Waals surface area contributed by atoms with Gasteiger partial charge < -0.3 is 5.32 Å². The molecule has 0 spiro atoms. The number of halogens is 2. The second kappa shape index (κ2) is 9.17. The summed E-state index contributed by atoms with van der Waals surface area (Å²) in [5, 5.41) is 3.36. The molecule has 0 aliphatic heterocycles. The SMILES string of the molecule is CCc1cc(C(C)(F)F)ccc1C(=O)NC(c1ccccc1)C1(C2=CCCCC2)CCC1. The van der Waals surface area contributed by atoms with Gasteiger partial charge in [0.25, 0.3) is 11.8 Å². The Morgan fingerprint density at radius 2 is 1.84 bits per heavy atom. The number of benzene rings is 2. The summed E-state index contributed by atoms with van der Waals surface area (Å²) in [7, 11) is 0. The summed E-state index contributed by atoms with van der Waals surface area (Å²) in [4.78, 5) is 13.5. The van der Waals surface area contributed by atoms with Crippen molar-refractivity contribution < 1.29 is 13.6 Å². The molecule has 2 aliphatic rings. The minimum atomic E-state index is -2.92. The highest BCUT2D eigenvalue weighted by Crippen LogP contribution is 2.57. The van der Waals surface area contributed by atoms with Crippen LogP contribution in [-0.2, 0) is 12.3 Å². The van der Waals surface area contributed by atoms with Crippen LogP contribution in [0.25, 0.3) is 0 Å². The Morgan fingerprint density at radius 3 is 2.41 bits per heavy atom. The third-order valence-electron chi connectivity index (χ3n) is 7.37. The Bertz CT molecular complexity index is 986. The molecule has 1 amide bonds. The van der Waals surface area contributed by atoms with E-state index >= 15 is 0 Å².